The molecule has 0 unspecified atom stereocenters. The molecule has 0 radical (unpaired) electrons. The molecule has 0 spiro atoms. The molecule has 5 heteroatoms. The van der Waals surface area contributed by atoms with Gasteiger partial charge in [-0.1, -0.05) is 13.0 Å². The molecule has 0 aliphatic heterocycles. The Morgan fingerprint density at radius 2 is 2.17 bits per heavy atom. The molecule has 0 fully saturated rings. The van der Waals surface area contributed by atoms with Gasteiger partial charge in [-0.3, -0.25) is 4.68 Å². The summed E-state index contributed by atoms with van der Waals surface area (Å²) in [7, 11) is 0. The maximum absolute atomic E-state index is 5.46. The molecule has 2 aromatic rings. The van der Waals surface area contributed by atoms with Gasteiger partial charge < -0.3 is 5.43 Å². The summed E-state index contributed by atoms with van der Waals surface area (Å²) in [5, 5.41) is 4.57. The Morgan fingerprint density at radius 3 is 2.78 bits per heavy atom. The van der Waals surface area contributed by atoms with E-state index in [1.165, 1.54) is 11.3 Å². The molecule has 0 aliphatic carbocycles. The van der Waals surface area contributed by atoms with Crippen LogP contribution in [0, 0.1) is 13.8 Å². The number of hydrogen-bond acceptors (Lipinski definition) is 4. The van der Waals surface area contributed by atoms with E-state index in [1.807, 2.05) is 23.7 Å². The van der Waals surface area contributed by atoms with Gasteiger partial charge in [0.1, 0.15) is 5.82 Å². The number of nitrogens with two attached hydrogens (primary N) is 1. The van der Waals surface area contributed by atoms with Crippen LogP contribution in [0.3, 0.4) is 0 Å². The molecule has 2 heterocycles. The van der Waals surface area contributed by atoms with Gasteiger partial charge in [-0.25, -0.2) is 10.8 Å². The maximum Gasteiger partial charge on any atom is 0.144 e. The second kappa shape index (κ2) is 5.18. The van der Waals surface area contributed by atoms with Crippen LogP contribution < -0.4 is 11.3 Å². The van der Waals surface area contributed by atoms with Crippen molar-refractivity contribution < 1.29 is 0 Å². The largest absolute Gasteiger partial charge is 0.308 e. The lowest BCUT2D eigenvalue weighted by molar-refractivity contribution is 0.657. The first kappa shape index (κ1) is 12.6. The number of hydrazine groups is 1. The van der Waals surface area contributed by atoms with E-state index in [4.69, 9.17) is 5.84 Å². The maximum atomic E-state index is 5.46. The zero-order valence-electron chi connectivity index (χ0n) is 11.1. The van der Waals surface area contributed by atoms with Crippen LogP contribution in [0.5, 0.6) is 0 Å². The van der Waals surface area contributed by atoms with Crippen LogP contribution in [-0.4, -0.2) is 14.8 Å². The van der Waals surface area contributed by atoms with Crippen LogP contribution in [0.4, 0.5) is 5.82 Å². The molecule has 5 nitrogen and oxygen atoms in total. The number of pyridine rings is 1. The minimum atomic E-state index is 0.681. The minimum Gasteiger partial charge on any atom is -0.308 e. The topological polar surface area (TPSA) is 68.8 Å². The zero-order chi connectivity index (χ0) is 13.1. The van der Waals surface area contributed by atoms with Crippen molar-refractivity contribution in [1.82, 2.24) is 14.8 Å². The van der Waals surface area contributed by atoms with Gasteiger partial charge in [0.05, 0.1) is 12.2 Å². The monoisotopic (exact) mass is 245 g/mol. The Bertz CT molecular complexity index is 544. The van der Waals surface area contributed by atoms with E-state index in [1.54, 1.807) is 6.20 Å². The molecule has 2 rings (SSSR count). The lowest BCUT2D eigenvalue weighted by Gasteiger charge is -2.09. The van der Waals surface area contributed by atoms with Crippen molar-refractivity contribution in [1.29, 1.82) is 0 Å². The van der Waals surface area contributed by atoms with Crippen molar-refractivity contribution in [2.75, 3.05) is 5.43 Å². The van der Waals surface area contributed by atoms with Crippen molar-refractivity contribution in [2.45, 2.75) is 33.7 Å². The summed E-state index contributed by atoms with van der Waals surface area (Å²) < 4.78 is 2.01. The van der Waals surface area contributed by atoms with Crippen molar-refractivity contribution in [3.8, 4) is 0 Å². The van der Waals surface area contributed by atoms with E-state index in [2.05, 4.69) is 29.4 Å². The third-order valence-corrected chi connectivity index (χ3v) is 3.23. The van der Waals surface area contributed by atoms with Crippen LogP contribution in [0.1, 0.15) is 29.4 Å². The molecular weight excluding hydrogens is 226 g/mol. The Hall–Kier alpha value is -1.88. The van der Waals surface area contributed by atoms with E-state index in [-0.39, 0.29) is 0 Å². The highest BCUT2D eigenvalue weighted by atomic mass is 15.3. The fourth-order valence-corrected chi connectivity index (χ4v) is 2.26. The number of aryl methyl sites for hydroxylation is 1. The molecule has 0 aromatic carbocycles. The molecule has 0 bridgehead atoms. The quantitative estimate of drug-likeness (QED) is 0.636. The SMILES string of the molecule is CCc1c(C)nn(Cc2cccnc2NN)c1C. The molecule has 0 amide bonds. The summed E-state index contributed by atoms with van der Waals surface area (Å²) >= 11 is 0. The molecule has 0 saturated heterocycles. The Balaban J connectivity index is 2.34. The number of rotatable bonds is 4. The number of hydrogen-bond donors (Lipinski definition) is 2. The van der Waals surface area contributed by atoms with Gasteiger partial charge in [0.15, 0.2) is 0 Å². The van der Waals surface area contributed by atoms with Crippen LogP contribution in [0.25, 0.3) is 0 Å². The number of anilines is 1. The standard InChI is InChI=1S/C13H19N5/c1-4-12-9(2)17-18(10(12)3)8-11-6-5-7-15-13(11)16-14/h5-7H,4,8,14H2,1-3H3,(H,15,16). The third kappa shape index (κ3) is 2.22. The van der Waals surface area contributed by atoms with Crippen molar-refractivity contribution >= 4 is 5.82 Å². The molecule has 2 aromatic heterocycles. The summed E-state index contributed by atoms with van der Waals surface area (Å²) in [4.78, 5) is 4.20. The zero-order valence-corrected chi connectivity index (χ0v) is 11.1. The normalized spacial score (nSPS) is 10.7. The smallest absolute Gasteiger partial charge is 0.144 e. The summed E-state index contributed by atoms with van der Waals surface area (Å²) in [5.41, 5.74) is 7.28. The third-order valence-electron chi connectivity index (χ3n) is 3.23. The number of aromatic nitrogens is 3. The average Bonchev–Trinajstić information content (AvgIpc) is 2.65. The summed E-state index contributed by atoms with van der Waals surface area (Å²) in [6, 6.07) is 3.91. The lowest BCUT2D eigenvalue weighted by atomic mass is 10.1. The first-order valence-corrected chi connectivity index (χ1v) is 6.10. The van der Waals surface area contributed by atoms with Gasteiger partial charge >= 0.3 is 0 Å². The predicted molar refractivity (Wildman–Crippen MR) is 72.2 cm³/mol. The van der Waals surface area contributed by atoms with Gasteiger partial charge in [0, 0.05) is 17.5 Å². The molecule has 18 heavy (non-hydrogen) atoms. The van der Waals surface area contributed by atoms with E-state index in [9.17, 15) is 0 Å². The Kier molecular flexibility index (Phi) is 3.62. The van der Waals surface area contributed by atoms with E-state index < -0.39 is 0 Å². The highest BCUT2D eigenvalue weighted by Gasteiger charge is 2.11. The second-order valence-electron chi connectivity index (χ2n) is 4.32. The molecular formula is C13H19N5. The van der Waals surface area contributed by atoms with Gasteiger partial charge in [0.25, 0.3) is 0 Å². The average molecular weight is 245 g/mol. The molecule has 0 saturated carbocycles. The Morgan fingerprint density at radius 1 is 1.39 bits per heavy atom. The van der Waals surface area contributed by atoms with E-state index in [0.717, 1.165) is 17.7 Å². The van der Waals surface area contributed by atoms with Gasteiger partial charge in [-0.2, -0.15) is 5.10 Å². The molecule has 0 aliphatic rings. The summed E-state index contributed by atoms with van der Waals surface area (Å²) in [5.74, 6) is 6.16. The number of nitrogen functional groups attached to an aromatic ring is 1. The lowest BCUT2D eigenvalue weighted by Crippen LogP contribution is -2.13. The van der Waals surface area contributed by atoms with Gasteiger partial charge in [0.2, 0.25) is 0 Å². The highest BCUT2D eigenvalue weighted by Crippen LogP contribution is 2.17. The van der Waals surface area contributed by atoms with Crippen LogP contribution >= 0.6 is 0 Å². The first-order valence-electron chi connectivity index (χ1n) is 6.10. The first-order chi connectivity index (χ1) is 8.67. The van der Waals surface area contributed by atoms with E-state index in [0.29, 0.717) is 12.4 Å². The van der Waals surface area contributed by atoms with Gasteiger partial charge in [-0.15, -0.1) is 0 Å². The van der Waals surface area contributed by atoms with Crippen LogP contribution in [0.15, 0.2) is 18.3 Å². The second-order valence-corrected chi connectivity index (χ2v) is 4.32. The summed E-state index contributed by atoms with van der Waals surface area (Å²) in [6.45, 7) is 6.98. The summed E-state index contributed by atoms with van der Waals surface area (Å²) in [6.07, 6.45) is 2.73. The van der Waals surface area contributed by atoms with Crippen LogP contribution in [0.2, 0.25) is 0 Å². The van der Waals surface area contributed by atoms with Crippen molar-refractivity contribution in [3.63, 3.8) is 0 Å². The molecule has 3 N–H and O–H groups in total. The predicted octanol–water partition coefficient (Wildman–Crippen LogP) is 1.79. The van der Waals surface area contributed by atoms with E-state index >= 15 is 0 Å². The Labute approximate surface area is 107 Å². The molecule has 96 valence electrons. The number of nitrogens with zero attached hydrogens (tertiary/aromatic N) is 3. The fourth-order valence-electron chi connectivity index (χ4n) is 2.26. The fraction of sp³-hybridized carbons (Fsp3) is 0.385. The van der Waals surface area contributed by atoms with Crippen molar-refractivity contribution in [3.05, 3.63) is 40.8 Å². The number of nitrogens with one attached hydrogen (secondary N) is 1. The van der Waals surface area contributed by atoms with Crippen LogP contribution in [-0.2, 0) is 13.0 Å². The molecule has 0 atom stereocenters. The van der Waals surface area contributed by atoms with Crippen molar-refractivity contribution in [2.24, 2.45) is 5.84 Å². The minimum absolute atomic E-state index is 0.681. The highest BCUT2D eigenvalue weighted by molar-refractivity contribution is 5.42. The van der Waals surface area contributed by atoms with Gasteiger partial charge in [-0.05, 0) is 31.9 Å².